The van der Waals surface area contributed by atoms with Gasteiger partial charge in [0.1, 0.15) is 10.7 Å². The summed E-state index contributed by atoms with van der Waals surface area (Å²) in [7, 11) is 0. The van der Waals surface area contributed by atoms with E-state index in [1.165, 1.54) is 32.5 Å². The summed E-state index contributed by atoms with van der Waals surface area (Å²) in [5, 5.41) is 6.60. The van der Waals surface area contributed by atoms with Crippen LogP contribution in [-0.2, 0) is 6.54 Å². The number of aromatic nitrogens is 3. The van der Waals surface area contributed by atoms with Crippen LogP contribution in [0.25, 0.3) is 10.7 Å². The van der Waals surface area contributed by atoms with Crippen molar-refractivity contribution >= 4 is 11.3 Å². The van der Waals surface area contributed by atoms with Crippen LogP contribution in [0.4, 0.5) is 0 Å². The summed E-state index contributed by atoms with van der Waals surface area (Å²) in [4.78, 5) is 15.6. The van der Waals surface area contributed by atoms with E-state index < -0.39 is 0 Å². The van der Waals surface area contributed by atoms with Gasteiger partial charge in [-0.15, -0.1) is 11.3 Å². The summed E-state index contributed by atoms with van der Waals surface area (Å²) in [6, 6.07) is 0. The molecule has 0 bridgehead atoms. The maximum Gasteiger partial charge on any atom is 0.143 e. The van der Waals surface area contributed by atoms with E-state index in [0.717, 1.165) is 29.5 Å². The molecule has 0 radical (unpaired) electrons. The van der Waals surface area contributed by atoms with Crippen LogP contribution in [0.3, 0.4) is 0 Å². The number of nitrogens with one attached hydrogen (secondary N) is 1. The van der Waals surface area contributed by atoms with Crippen LogP contribution in [0.15, 0.2) is 24.0 Å². The van der Waals surface area contributed by atoms with Crippen molar-refractivity contribution in [1.29, 1.82) is 0 Å². The number of hydrogen-bond donors (Lipinski definition) is 1. The smallest absolute Gasteiger partial charge is 0.143 e. The van der Waals surface area contributed by atoms with Crippen molar-refractivity contribution in [2.75, 3.05) is 26.2 Å². The zero-order valence-corrected chi connectivity index (χ0v) is 14.8. The van der Waals surface area contributed by atoms with E-state index in [-0.39, 0.29) is 5.41 Å². The fourth-order valence-electron chi connectivity index (χ4n) is 3.05. The molecule has 1 aliphatic rings. The lowest BCUT2D eigenvalue weighted by Crippen LogP contribution is -2.39. The van der Waals surface area contributed by atoms with Gasteiger partial charge in [0.25, 0.3) is 0 Å². The highest BCUT2D eigenvalue weighted by Gasteiger charge is 2.23. The van der Waals surface area contributed by atoms with Crippen LogP contribution in [0.2, 0.25) is 0 Å². The molecule has 6 heteroatoms. The standard InChI is InChI=1S/C17H25N5S/c1-17(2,13-22-7-3-4-8-22)12-19-9-14-11-23-16(21-14)15-10-18-5-6-20-15/h5-6,10-11,19H,3-4,7-9,12-13H2,1-2H3. The van der Waals surface area contributed by atoms with Crippen LogP contribution in [-0.4, -0.2) is 46.0 Å². The van der Waals surface area contributed by atoms with Gasteiger partial charge in [0, 0.05) is 37.4 Å². The Labute approximate surface area is 142 Å². The Balaban J connectivity index is 1.48. The first-order chi connectivity index (χ1) is 11.1. The second-order valence-corrected chi connectivity index (χ2v) is 7.84. The average molecular weight is 331 g/mol. The summed E-state index contributed by atoms with van der Waals surface area (Å²) < 4.78 is 0. The zero-order chi connectivity index (χ0) is 16.1. The molecule has 0 spiro atoms. The highest BCUT2D eigenvalue weighted by atomic mass is 32.1. The number of thiazole rings is 1. The van der Waals surface area contributed by atoms with E-state index in [2.05, 4.69) is 44.4 Å². The third-order valence-electron chi connectivity index (χ3n) is 4.09. The normalized spacial score (nSPS) is 16.1. The minimum Gasteiger partial charge on any atom is -0.311 e. The molecule has 0 atom stereocenters. The molecule has 0 aromatic carbocycles. The van der Waals surface area contributed by atoms with Gasteiger partial charge in [0.2, 0.25) is 0 Å². The fourth-order valence-corrected chi connectivity index (χ4v) is 3.83. The van der Waals surface area contributed by atoms with Gasteiger partial charge in [-0.05, 0) is 31.3 Å². The third kappa shape index (κ3) is 4.80. The van der Waals surface area contributed by atoms with Gasteiger partial charge in [0.15, 0.2) is 0 Å². The Bertz CT molecular complexity index is 604. The summed E-state index contributed by atoms with van der Waals surface area (Å²) in [5.74, 6) is 0. The lowest BCUT2D eigenvalue weighted by molar-refractivity contribution is 0.203. The molecule has 3 rings (SSSR count). The molecule has 3 heterocycles. The summed E-state index contributed by atoms with van der Waals surface area (Å²) in [5.41, 5.74) is 2.21. The molecular formula is C17H25N5S. The number of hydrogen-bond acceptors (Lipinski definition) is 6. The van der Waals surface area contributed by atoms with Crippen molar-refractivity contribution in [1.82, 2.24) is 25.2 Å². The number of nitrogens with zero attached hydrogens (tertiary/aromatic N) is 4. The van der Waals surface area contributed by atoms with Crippen LogP contribution in [0, 0.1) is 5.41 Å². The van der Waals surface area contributed by atoms with Crippen molar-refractivity contribution in [3.05, 3.63) is 29.7 Å². The first kappa shape index (κ1) is 16.5. The van der Waals surface area contributed by atoms with E-state index in [1.807, 2.05) is 0 Å². The third-order valence-corrected chi connectivity index (χ3v) is 5.01. The molecule has 1 N–H and O–H groups in total. The van der Waals surface area contributed by atoms with E-state index in [9.17, 15) is 0 Å². The second kappa shape index (κ2) is 7.47. The van der Waals surface area contributed by atoms with Gasteiger partial charge in [-0.2, -0.15) is 0 Å². The highest BCUT2D eigenvalue weighted by molar-refractivity contribution is 7.13. The van der Waals surface area contributed by atoms with Crippen molar-refractivity contribution in [2.24, 2.45) is 5.41 Å². The number of rotatable bonds is 7. The van der Waals surface area contributed by atoms with E-state index in [1.54, 1.807) is 29.9 Å². The maximum atomic E-state index is 4.65. The van der Waals surface area contributed by atoms with Crippen molar-refractivity contribution in [3.63, 3.8) is 0 Å². The monoisotopic (exact) mass is 331 g/mol. The molecule has 1 aliphatic heterocycles. The molecule has 2 aromatic heterocycles. The Morgan fingerprint density at radius 1 is 1.26 bits per heavy atom. The van der Waals surface area contributed by atoms with Gasteiger partial charge >= 0.3 is 0 Å². The van der Waals surface area contributed by atoms with E-state index >= 15 is 0 Å². The molecule has 23 heavy (non-hydrogen) atoms. The quantitative estimate of drug-likeness (QED) is 0.845. The van der Waals surface area contributed by atoms with Crippen LogP contribution >= 0.6 is 11.3 Å². The van der Waals surface area contributed by atoms with Crippen LogP contribution in [0.1, 0.15) is 32.4 Å². The first-order valence-corrected chi connectivity index (χ1v) is 9.14. The molecule has 0 aliphatic carbocycles. The predicted octanol–water partition coefficient (Wildman–Crippen LogP) is 2.81. The van der Waals surface area contributed by atoms with Crippen molar-refractivity contribution in [3.8, 4) is 10.7 Å². The van der Waals surface area contributed by atoms with E-state index in [4.69, 9.17) is 0 Å². The predicted molar refractivity (Wildman–Crippen MR) is 94.3 cm³/mol. The number of likely N-dealkylation sites (tertiary alicyclic amines) is 1. The molecule has 1 fully saturated rings. The minimum atomic E-state index is 0.286. The first-order valence-electron chi connectivity index (χ1n) is 8.26. The summed E-state index contributed by atoms with van der Waals surface area (Å²) >= 11 is 1.62. The largest absolute Gasteiger partial charge is 0.311 e. The molecule has 5 nitrogen and oxygen atoms in total. The summed E-state index contributed by atoms with van der Waals surface area (Å²) in [6.45, 7) is 10.2. The maximum absolute atomic E-state index is 4.65. The Morgan fingerprint density at radius 3 is 2.83 bits per heavy atom. The van der Waals surface area contributed by atoms with Gasteiger partial charge < -0.3 is 10.2 Å². The molecule has 0 unspecified atom stereocenters. The van der Waals surface area contributed by atoms with Gasteiger partial charge in [-0.3, -0.25) is 9.97 Å². The SMILES string of the molecule is CC(C)(CNCc1csc(-c2cnccn2)n1)CN1CCCC1. The average Bonchev–Trinajstić information content (AvgIpc) is 3.19. The molecule has 124 valence electrons. The molecule has 0 amide bonds. The minimum absolute atomic E-state index is 0.286. The van der Waals surface area contributed by atoms with Crippen molar-refractivity contribution in [2.45, 2.75) is 33.2 Å². The lowest BCUT2D eigenvalue weighted by atomic mass is 9.92. The van der Waals surface area contributed by atoms with Gasteiger partial charge in [0.05, 0.1) is 11.9 Å². The Morgan fingerprint density at radius 2 is 2.09 bits per heavy atom. The Hall–Kier alpha value is -1.37. The van der Waals surface area contributed by atoms with Crippen LogP contribution in [0.5, 0.6) is 0 Å². The molecule has 1 saturated heterocycles. The van der Waals surface area contributed by atoms with Crippen molar-refractivity contribution < 1.29 is 0 Å². The zero-order valence-electron chi connectivity index (χ0n) is 14.0. The molecule has 0 saturated carbocycles. The van der Waals surface area contributed by atoms with Gasteiger partial charge in [-0.1, -0.05) is 13.8 Å². The topological polar surface area (TPSA) is 53.9 Å². The van der Waals surface area contributed by atoms with E-state index in [0.29, 0.717) is 0 Å². The second-order valence-electron chi connectivity index (χ2n) is 6.99. The summed E-state index contributed by atoms with van der Waals surface area (Å²) in [6.07, 6.45) is 7.85. The highest BCUT2D eigenvalue weighted by Crippen LogP contribution is 2.22. The molecular weight excluding hydrogens is 306 g/mol. The lowest BCUT2D eigenvalue weighted by Gasteiger charge is -2.30. The fraction of sp³-hybridized carbons (Fsp3) is 0.588. The Kier molecular flexibility index (Phi) is 5.35. The van der Waals surface area contributed by atoms with Crippen LogP contribution < -0.4 is 5.32 Å². The molecule has 2 aromatic rings. The van der Waals surface area contributed by atoms with Gasteiger partial charge in [-0.25, -0.2) is 4.98 Å².